The quantitative estimate of drug-likeness (QED) is 0.693. The fourth-order valence-corrected chi connectivity index (χ4v) is 4.77. The summed E-state index contributed by atoms with van der Waals surface area (Å²) >= 11 is 0. The van der Waals surface area contributed by atoms with Gasteiger partial charge in [0, 0.05) is 52.5 Å². The zero-order valence-electron chi connectivity index (χ0n) is 17.8. The van der Waals surface area contributed by atoms with Gasteiger partial charge in [-0.25, -0.2) is 0 Å². The van der Waals surface area contributed by atoms with Crippen LogP contribution in [0.5, 0.6) is 0 Å². The predicted octanol–water partition coefficient (Wildman–Crippen LogP) is 1.23. The number of piperazine rings is 1. The number of nitrogens with two attached hydrogens (primary N) is 1. The lowest BCUT2D eigenvalue weighted by Crippen LogP contribution is -2.56. The molecule has 2 amide bonds. The first-order valence-corrected chi connectivity index (χ1v) is 10.6. The van der Waals surface area contributed by atoms with Crippen LogP contribution in [0.2, 0.25) is 0 Å². The van der Waals surface area contributed by atoms with Gasteiger partial charge >= 0.3 is 0 Å². The van der Waals surface area contributed by atoms with Gasteiger partial charge in [0.05, 0.1) is 12.6 Å². The molecule has 3 fully saturated rings. The van der Waals surface area contributed by atoms with Gasteiger partial charge in [0.1, 0.15) is 0 Å². The molecule has 0 aromatic rings. The molecule has 0 aliphatic carbocycles. The molecule has 7 nitrogen and oxygen atoms in total. The highest BCUT2D eigenvalue weighted by Gasteiger charge is 2.32. The van der Waals surface area contributed by atoms with Crippen LogP contribution in [0.25, 0.3) is 0 Å². The average Bonchev–Trinajstić information content (AvgIpc) is 2.67. The maximum absolute atomic E-state index is 12.7. The van der Waals surface area contributed by atoms with E-state index in [4.69, 9.17) is 10.5 Å². The van der Waals surface area contributed by atoms with Gasteiger partial charge in [0.25, 0.3) is 0 Å². The van der Waals surface area contributed by atoms with Crippen LogP contribution in [0.4, 0.5) is 0 Å². The van der Waals surface area contributed by atoms with Crippen LogP contribution in [0.15, 0.2) is 0 Å². The standard InChI is InChI=1S/C20H36N4O3.2ClH/c1-15-11-16(2)13-24(12-15)18(25)14-22-5-7-23(8-6-22)20(26)19(21)17-3-9-27-10-4-17;;/h15-17,19H,3-14,21H2,1-2H3;2*1H. The van der Waals surface area contributed by atoms with E-state index in [1.807, 2.05) is 9.80 Å². The van der Waals surface area contributed by atoms with E-state index < -0.39 is 6.04 Å². The van der Waals surface area contributed by atoms with Crippen LogP contribution in [0, 0.1) is 17.8 Å². The van der Waals surface area contributed by atoms with Crippen molar-refractivity contribution < 1.29 is 14.3 Å². The third-order valence-electron chi connectivity index (χ3n) is 6.32. The van der Waals surface area contributed by atoms with E-state index >= 15 is 0 Å². The smallest absolute Gasteiger partial charge is 0.239 e. The minimum absolute atomic E-state index is 0. The second-order valence-corrected chi connectivity index (χ2v) is 8.82. The van der Waals surface area contributed by atoms with Gasteiger partial charge in [-0.2, -0.15) is 0 Å². The zero-order chi connectivity index (χ0) is 19.4. The monoisotopic (exact) mass is 452 g/mol. The summed E-state index contributed by atoms with van der Waals surface area (Å²) < 4.78 is 5.37. The van der Waals surface area contributed by atoms with E-state index in [2.05, 4.69) is 18.7 Å². The van der Waals surface area contributed by atoms with Gasteiger partial charge in [-0.05, 0) is 37.0 Å². The van der Waals surface area contributed by atoms with Crippen LogP contribution in [-0.4, -0.2) is 91.6 Å². The number of nitrogens with zero attached hydrogens (tertiary/aromatic N) is 3. The second kappa shape index (κ2) is 12.3. The summed E-state index contributed by atoms with van der Waals surface area (Å²) in [5.74, 6) is 1.69. The fourth-order valence-electron chi connectivity index (χ4n) is 4.77. The molecule has 3 saturated heterocycles. The van der Waals surface area contributed by atoms with Gasteiger partial charge < -0.3 is 20.3 Å². The number of rotatable bonds is 4. The molecule has 0 spiro atoms. The molecule has 3 aliphatic rings. The van der Waals surface area contributed by atoms with Gasteiger partial charge in [-0.3, -0.25) is 14.5 Å². The number of amides is 2. The van der Waals surface area contributed by atoms with Crippen molar-refractivity contribution in [3.05, 3.63) is 0 Å². The summed E-state index contributed by atoms with van der Waals surface area (Å²) in [4.78, 5) is 31.5. The van der Waals surface area contributed by atoms with Crippen molar-refractivity contribution in [2.75, 3.05) is 59.0 Å². The van der Waals surface area contributed by atoms with Gasteiger partial charge in [0.15, 0.2) is 0 Å². The van der Waals surface area contributed by atoms with Crippen LogP contribution in [0.1, 0.15) is 33.1 Å². The molecule has 3 heterocycles. The van der Waals surface area contributed by atoms with E-state index in [0.29, 0.717) is 44.7 Å². The normalized spacial score (nSPS) is 27.6. The molecule has 3 rings (SSSR count). The van der Waals surface area contributed by atoms with E-state index in [-0.39, 0.29) is 42.5 Å². The third-order valence-corrected chi connectivity index (χ3v) is 6.32. The number of ether oxygens (including phenoxy) is 1. The molecule has 9 heteroatoms. The number of piperidine rings is 1. The average molecular weight is 453 g/mol. The Hall–Kier alpha value is -0.600. The fraction of sp³-hybridized carbons (Fsp3) is 0.900. The summed E-state index contributed by atoms with van der Waals surface area (Å²) in [6, 6.07) is -0.418. The minimum atomic E-state index is -0.418. The molecule has 29 heavy (non-hydrogen) atoms. The molecule has 2 N–H and O–H groups in total. The Morgan fingerprint density at radius 2 is 1.52 bits per heavy atom. The summed E-state index contributed by atoms with van der Waals surface area (Å²) in [6.07, 6.45) is 2.94. The Labute approximate surface area is 187 Å². The molecule has 170 valence electrons. The molecule has 3 aliphatic heterocycles. The number of hydrogen-bond acceptors (Lipinski definition) is 5. The van der Waals surface area contributed by atoms with E-state index in [1.165, 1.54) is 6.42 Å². The van der Waals surface area contributed by atoms with Crippen molar-refractivity contribution in [2.45, 2.75) is 39.2 Å². The lowest BCUT2D eigenvalue weighted by atomic mass is 9.91. The van der Waals surface area contributed by atoms with Crippen LogP contribution in [0.3, 0.4) is 0 Å². The molecule has 0 bridgehead atoms. The van der Waals surface area contributed by atoms with Gasteiger partial charge in [0.2, 0.25) is 11.8 Å². The maximum atomic E-state index is 12.7. The summed E-state index contributed by atoms with van der Waals surface area (Å²) in [5, 5.41) is 0. The number of halogens is 2. The maximum Gasteiger partial charge on any atom is 0.239 e. The number of hydrogen-bond donors (Lipinski definition) is 1. The Morgan fingerprint density at radius 1 is 0.966 bits per heavy atom. The molecule has 0 aromatic carbocycles. The van der Waals surface area contributed by atoms with Crippen molar-refractivity contribution in [2.24, 2.45) is 23.5 Å². The molecule has 0 aromatic heterocycles. The Morgan fingerprint density at radius 3 is 2.07 bits per heavy atom. The van der Waals surface area contributed by atoms with Gasteiger partial charge in [-0.1, -0.05) is 13.8 Å². The Bertz CT molecular complexity index is 516. The number of likely N-dealkylation sites (tertiary alicyclic amines) is 1. The van der Waals surface area contributed by atoms with E-state index in [0.717, 1.165) is 39.0 Å². The number of carbonyl (C=O) groups excluding carboxylic acids is 2. The van der Waals surface area contributed by atoms with Crippen LogP contribution >= 0.6 is 24.8 Å². The highest BCUT2D eigenvalue weighted by molar-refractivity contribution is 5.85. The molecular formula is C20H38Cl2N4O3. The van der Waals surface area contributed by atoms with Crippen LogP contribution in [-0.2, 0) is 14.3 Å². The van der Waals surface area contributed by atoms with Crippen LogP contribution < -0.4 is 5.73 Å². The predicted molar refractivity (Wildman–Crippen MR) is 119 cm³/mol. The largest absolute Gasteiger partial charge is 0.381 e. The highest BCUT2D eigenvalue weighted by Crippen LogP contribution is 2.22. The van der Waals surface area contributed by atoms with Crippen molar-refractivity contribution in [1.29, 1.82) is 0 Å². The molecular weight excluding hydrogens is 415 g/mol. The third kappa shape index (κ3) is 7.24. The number of carbonyl (C=O) groups is 2. The SMILES string of the molecule is CC1CC(C)CN(C(=O)CN2CCN(C(=O)C(N)C3CCOCC3)CC2)C1.Cl.Cl. The Balaban J connectivity index is 0.00000210. The van der Waals surface area contributed by atoms with Crippen molar-refractivity contribution in [3.8, 4) is 0 Å². The van der Waals surface area contributed by atoms with Crippen molar-refractivity contribution in [1.82, 2.24) is 14.7 Å². The van der Waals surface area contributed by atoms with E-state index in [9.17, 15) is 9.59 Å². The first-order valence-electron chi connectivity index (χ1n) is 10.6. The summed E-state index contributed by atoms with van der Waals surface area (Å²) in [7, 11) is 0. The van der Waals surface area contributed by atoms with Gasteiger partial charge in [-0.15, -0.1) is 24.8 Å². The molecule has 0 saturated carbocycles. The molecule has 0 radical (unpaired) electrons. The summed E-state index contributed by atoms with van der Waals surface area (Å²) in [6.45, 7) is 10.9. The lowest BCUT2D eigenvalue weighted by Gasteiger charge is -2.39. The topological polar surface area (TPSA) is 79.1 Å². The summed E-state index contributed by atoms with van der Waals surface area (Å²) in [5.41, 5.74) is 6.24. The minimum Gasteiger partial charge on any atom is -0.381 e. The Kier molecular flexibility index (Phi) is 11.2. The first-order chi connectivity index (χ1) is 12.9. The van der Waals surface area contributed by atoms with E-state index in [1.54, 1.807) is 0 Å². The lowest BCUT2D eigenvalue weighted by molar-refractivity contribution is -0.138. The molecule has 3 atom stereocenters. The second-order valence-electron chi connectivity index (χ2n) is 8.82. The van der Waals surface area contributed by atoms with Crippen molar-refractivity contribution in [3.63, 3.8) is 0 Å². The molecule has 3 unspecified atom stereocenters. The zero-order valence-corrected chi connectivity index (χ0v) is 19.4. The highest BCUT2D eigenvalue weighted by atomic mass is 35.5. The first kappa shape index (κ1) is 26.4. The van der Waals surface area contributed by atoms with Crippen molar-refractivity contribution >= 4 is 36.6 Å².